The van der Waals surface area contributed by atoms with Gasteiger partial charge in [-0.1, -0.05) is 0 Å². The Hall–Kier alpha value is -2.30. The predicted molar refractivity (Wildman–Crippen MR) is 63.5 cm³/mol. The van der Waals surface area contributed by atoms with Crippen molar-refractivity contribution in [3.05, 3.63) is 59.4 Å². The van der Waals surface area contributed by atoms with E-state index < -0.39 is 12.2 Å². The molecule has 0 aliphatic carbocycles. The third-order valence-corrected chi connectivity index (χ3v) is 2.48. The molecule has 0 atom stereocenters. The van der Waals surface area contributed by atoms with Crippen LogP contribution in [-0.2, 0) is 0 Å². The van der Waals surface area contributed by atoms with Crippen LogP contribution in [0.15, 0.2) is 42.7 Å². The van der Waals surface area contributed by atoms with Crippen molar-refractivity contribution in [1.29, 1.82) is 0 Å². The van der Waals surface area contributed by atoms with Gasteiger partial charge >= 0.3 is 0 Å². The number of nitrogen functional groups attached to an aromatic ring is 1. The summed E-state index contributed by atoms with van der Waals surface area (Å²) in [6, 6.07) is 6.96. The number of halogens is 2. The number of benzene rings is 1. The molecule has 0 amide bonds. The number of ketones is 1. The van der Waals surface area contributed by atoms with E-state index in [9.17, 15) is 13.6 Å². The summed E-state index contributed by atoms with van der Waals surface area (Å²) in [5, 5.41) is 0. The smallest absolute Gasteiger partial charge is 0.264 e. The zero-order valence-electron chi connectivity index (χ0n) is 9.31. The zero-order chi connectivity index (χ0) is 13.1. The van der Waals surface area contributed by atoms with Gasteiger partial charge in [-0.05, 0) is 30.3 Å². The number of carbonyl (C=O) groups is 1. The third kappa shape index (κ3) is 2.34. The lowest BCUT2D eigenvalue weighted by Crippen LogP contribution is -2.07. The van der Waals surface area contributed by atoms with Crippen LogP contribution in [-0.4, -0.2) is 10.8 Å². The number of pyridine rings is 1. The first-order chi connectivity index (χ1) is 8.59. The lowest BCUT2D eigenvalue weighted by atomic mass is 9.99. The number of alkyl halides is 2. The molecule has 0 radical (unpaired) electrons. The number of rotatable bonds is 3. The fourth-order valence-corrected chi connectivity index (χ4v) is 1.62. The molecule has 2 aromatic rings. The topological polar surface area (TPSA) is 56.0 Å². The maximum absolute atomic E-state index is 12.9. The van der Waals surface area contributed by atoms with E-state index in [-0.39, 0.29) is 22.4 Å². The van der Waals surface area contributed by atoms with Crippen molar-refractivity contribution in [3.8, 4) is 0 Å². The molecule has 18 heavy (non-hydrogen) atoms. The van der Waals surface area contributed by atoms with Crippen molar-refractivity contribution >= 4 is 11.5 Å². The lowest BCUT2D eigenvalue weighted by Gasteiger charge is -2.08. The second-order valence-electron chi connectivity index (χ2n) is 3.72. The third-order valence-electron chi connectivity index (χ3n) is 2.48. The zero-order valence-corrected chi connectivity index (χ0v) is 9.31. The number of hydrogen-bond donors (Lipinski definition) is 1. The highest BCUT2D eigenvalue weighted by Gasteiger charge is 2.19. The first-order valence-corrected chi connectivity index (χ1v) is 5.22. The van der Waals surface area contributed by atoms with Crippen LogP contribution in [0.4, 0.5) is 14.5 Å². The molecule has 3 nitrogen and oxygen atoms in total. The van der Waals surface area contributed by atoms with Gasteiger partial charge in [0.2, 0.25) is 0 Å². The van der Waals surface area contributed by atoms with Crippen LogP contribution < -0.4 is 5.73 Å². The minimum Gasteiger partial charge on any atom is -0.399 e. The standard InChI is InChI=1S/C13H10F2N2O/c14-13(15)11-6-9(16)3-4-10(11)12(18)8-2-1-5-17-7-8/h1-7,13H,16H2. The molecule has 0 saturated carbocycles. The number of nitrogens with zero attached hydrogens (tertiary/aromatic N) is 1. The molecule has 2 N–H and O–H groups in total. The molecule has 0 fully saturated rings. The number of carbonyl (C=O) groups excluding carboxylic acids is 1. The Balaban J connectivity index is 2.48. The molecule has 0 spiro atoms. The van der Waals surface area contributed by atoms with Crippen LogP contribution in [0.2, 0.25) is 0 Å². The summed E-state index contributed by atoms with van der Waals surface area (Å²) in [5.41, 5.74) is 5.51. The van der Waals surface area contributed by atoms with Crippen LogP contribution in [0.25, 0.3) is 0 Å². The largest absolute Gasteiger partial charge is 0.399 e. The molecule has 5 heteroatoms. The van der Waals surface area contributed by atoms with Gasteiger partial charge in [-0.3, -0.25) is 9.78 Å². The first kappa shape index (κ1) is 12.2. The van der Waals surface area contributed by atoms with Crippen molar-refractivity contribution in [2.24, 2.45) is 0 Å². The molecule has 0 unspecified atom stereocenters. The van der Waals surface area contributed by atoms with Crippen molar-refractivity contribution in [3.63, 3.8) is 0 Å². The van der Waals surface area contributed by atoms with E-state index in [1.165, 1.54) is 30.6 Å². The van der Waals surface area contributed by atoms with E-state index in [1.54, 1.807) is 6.07 Å². The predicted octanol–water partition coefficient (Wildman–Crippen LogP) is 2.83. The Morgan fingerprint density at radius 2 is 2.06 bits per heavy atom. The minimum atomic E-state index is -2.75. The Morgan fingerprint density at radius 3 is 2.67 bits per heavy atom. The number of aromatic nitrogens is 1. The number of anilines is 1. The second kappa shape index (κ2) is 4.91. The fourth-order valence-electron chi connectivity index (χ4n) is 1.62. The Morgan fingerprint density at radius 1 is 1.28 bits per heavy atom. The van der Waals surface area contributed by atoms with E-state index in [0.29, 0.717) is 0 Å². The Kier molecular flexibility index (Phi) is 3.32. The molecular weight excluding hydrogens is 238 g/mol. The van der Waals surface area contributed by atoms with Crippen LogP contribution >= 0.6 is 0 Å². The van der Waals surface area contributed by atoms with Crippen molar-refractivity contribution < 1.29 is 13.6 Å². The molecule has 1 aromatic carbocycles. The normalized spacial score (nSPS) is 10.6. The highest BCUT2D eigenvalue weighted by atomic mass is 19.3. The molecule has 2 rings (SSSR count). The quantitative estimate of drug-likeness (QED) is 0.671. The van der Waals surface area contributed by atoms with Gasteiger partial charge in [0.05, 0.1) is 0 Å². The first-order valence-electron chi connectivity index (χ1n) is 5.22. The minimum absolute atomic E-state index is 0.0489. The second-order valence-corrected chi connectivity index (χ2v) is 3.72. The van der Waals surface area contributed by atoms with E-state index in [4.69, 9.17) is 5.73 Å². The summed E-state index contributed by atoms with van der Waals surface area (Å²) in [6.45, 7) is 0. The SMILES string of the molecule is Nc1ccc(C(=O)c2cccnc2)c(C(F)F)c1. The monoisotopic (exact) mass is 248 g/mol. The maximum atomic E-state index is 12.9. The molecule has 0 bridgehead atoms. The number of hydrogen-bond acceptors (Lipinski definition) is 3. The number of nitrogens with two attached hydrogens (primary N) is 1. The van der Waals surface area contributed by atoms with Crippen LogP contribution in [0.1, 0.15) is 27.9 Å². The van der Waals surface area contributed by atoms with Crippen molar-refractivity contribution in [2.45, 2.75) is 6.43 Å². The average Bonchev–Trinajstić information content (AvgIpc) is 2.39. The van der Waals surface area contributed by atoms with Crippen LogP contribution in [0.5, 0.6) is 0 Å². The van der Waals surface area contributed by atoms with E-state index in [0.717, 1.165) is 6.07 Å². The Labute approximate surface area is 102 Å². The highest BCUT2D eigenvalue weighted by Crippen LogP contribution is 2.26. The van der Waals surface area contributed by atoms with E-state index >= 15 is 0 Å². The molecular formula is C13H10F2N2O. The van der Waals surface area contributed by atoms with Crippen LogP contribution in [0.3, 0.4) is 0 Å². The summed E-state index contributed by atoms with van der Waals surface area (Å²) in [4.78, 5) is 15.9. The molecule has 1 aromatic heterocycles. The molecule has 0 aliphatic rings. The van der Waals surface area contributed by atoms with Gasteiger partial charge in [-0.2, -0.15) is 0 Å². The molecule has 92 valence electrons. The lowest BCUT2D eigenvalue weighted by molar-refractivity contribution is 0.102. The van der Waals surface area contributed by atoms with Crippen molar-refractivity contribution in [2.75, 3.05) is 5.73 Å². The van der Waals surface area contributed by atoms with Gasteiger partial charge in [0.15, 0.2) is 5.78 Å². The summed E-state index contributed by atoms with van der Waals surface area (Å²) in [6.07, 6.45) is 0.103. The molecule has 0 saturated heterocycles. The van der Waals surface area contributed by atoms with Crippen molar-refractivity contribution in [1.82, 2.24) is 4.98 Å². The maximum Gasteiger partial charge on any atom is 0.264 e. The summed E-state index contributed by atoms with van der Waals surface area (Å²) < 4.78 is 25.7. The van der Waals surface area contributed by atoms with Gasteiger partial charge in [-0.15, -0.1) is 0 Å². The Bertz CT molecular complexity index is 570. The fraction of sp³-hybridized carbons (Fsp3) is 0.0769. The summed E-state index contributed by atoms with van der Waals surface area (Å²) in [5.74, 6) is -0.488. The molecule has 1 heterocycles. The van der Waals surface area contributed by atoms with Gasteiger partial charge in [-0.25, -0.2) is 8.78 Å². The highest BCUT2D eigenvalue weighted by molar-refractivity contribution is 6.09. The van der Waals surface area contributed by atoms with E-state index in [1.807, 2.05) is 0 Å². The summed E-state index contributed by atoms with van der Waals surface area (Å²) >= 11 is 0. The summed E-state index contributed by atoms with van der Waals surface area (Å²) in [7, 11) is 0. The average molecular weight is 248 g/mol. The van der Waals surface area contributed by atoms with Gasteiger partial charge in [0.1, 0.15) is 0 Å². The van der Waals surface area contributed by atoms with Gasteiger partial charge < -0.3 is 5.73 Å². The van der Waals surface area contributed by atoms with Crippen LogP contribution in [0, 0.1) is 0 Å². The van der Waals surface area contributed by atoms with Gasteiger partial charge in [0.25, 0.3) is 6.43 Å². The van der Waals surface area contributed by atoms with E-state index in [2.05, 4.69) is 4.98 Å². The molecule has 0 aliphatic heterocycles. The van der Waals surface area contributed by atoms with Gasteiger partial charge in [0, 0.05) is 34.8 Å².